The highest BCUT2D eigenvalue weighted by molar-refractivity contribution is 7.90. The monoisotopic (exact) mass is 271 g/mol. The summed E-state index contributed by atoms with van der Waals surface area (Å²) in [6.07, 6.45) is 1.81. The van der Waals surface area contributed by atoms with Gasteiger partial charge in [-0.3, -0.25) is 0 Å². The number of aryl methyl sites for hydroxylation is 1. The van der Waals surface area contributed by atoms with E-state index in [0.717, 1.165) is 11.4 Å². The molecule has 102 valence electrons. The normalized spacial score (nSPS) is 11.8. The second-order valence-corrected chi connectivity index (χ2v) is 7.08. The number of nitrogens with one attached hydrogen (secondary N) is 1. The Kier molecular flexibility index (Phi) is 5.07. The topological polar surface area (TPSA) is 72.0 Å². The molecule has 5 nitrogen and oxygen atoms in total. The molecule has 1 N–H and O–H groups in total. The number of sulfone groups is 1. The summed E-state index contributed by atoms with van der Waals surface area (Å²) in [4.78, 5) is 8.67. The first-order valence-corrected chi connectivity index (χ1v) is 8.11. The molecule has 0 atom stereocenters. The molecule has 1 aromatic rings. The van der Waals surface area contributed by atoms with Gasteiger partial charge in [0, 0.05) is 24.2 Å². The molecular weight excluding hydrogens is 250 g/mol. The van der Waals surface area contributed by atoms with Gasteiger partial charge in [0.25, 0.3) is 0 Å². The van der Waals surface area contributed by atoms with Gasteiger partial charge in [-0.15, -0.1) is 0 Å². The maximum atomic E-state index is 11.0. The van der Waals surface area contributed by atoms with Crippen molar-refractivity contribution in [3.05, 3.63) is 17.5 Å². The van der Waals surface area contributed by atoms with Gasteiger partial charge in [0.2, 0.25) is 5.95 Å². The van der Waals surface area contributed by atoms with E-state index in [0.29, 0.717) is 24.8 Å². The standard InChI is InChI=1S/C12H21N3O2S/c1-9(2)11-8-10(3)14-12(15-11)13-6-5-7-18(4,16)17/h8-9H,5-7H2,1-4H3,(H,13,14,15). The van der Waals surface area contributed by atoms with E-state index in [9.17, 15) is 8.42 Å². The first-order chi connectivity index (χ1) is 8.28. The molecule has 18 heavy (non-hydrogen) atoms. The summed E-state index contributed by atoms with van der Waals surface area (Å²) in [7, 11) is -2.89. The predicted octanol–water partition coefficient (Wildman–Crippen LogP) is 1.76. The lowest BCUT2D eigenvalue weighted by molar-refractivity contribution is 0.600. The summed E-state index contributed by atoms with van der Waals surface area (Å²) in [5.41, 5.74) is 1.91. The molecule has 0 unspecified atom stereocenters. The van der Waals surface area contributed by atoms with E-state index in [-0.39, 0.29) is 5.75 Å². The molecule has 0 bridgehead atoms. The maximum Gasteiger partial charge on any atom is 0.223 e. The lowest BCUT2D eigenvalue weighted by Gasteiger charge is -2.09. The third kappa shape index (κ3) is 5.44. The Balaban J connectivity index is 2.57. The summed E-state index contributed by atoms with van der Waals surface area (Å²) in [6, 6.07) is 1.96. The molecule has 1 aromatic heterocycles. The van der Waals surface area contributed by atoms with E-state index in [4.69, 9.17) is 0 Å². The van der Waals surface area contributed by atoms with Crippen LogP contribution in [0, 0.1) is 6.92 Å². The number of aromatic nitrogens is 2. The Labute approximate surface area is 109 Å². The van der Waals surface area contributed by atoms with Crippen molar-refractivity contribution in [3.63, 3.8) is 0 Å². The summed E-state index contributed by atoms with van der Waals surface area (Å²) in [5.74, 6) is 1.11. The molecule has 0 radical (unpaired) electrons. The van der Waals surface area contributed by atoms with Gasteiger partial charge in [0.15, 0.2) is 0 Å². The molecule has 0 aromatic carbocycles. The molecular formula is C12H21N3O2S. The van der Waals surface area contributed by atoms with Gasteiger partial charge in [-0.05, 0) is 25.3 Å². The highest BCUT2D eigenvalue weighted by Crippen LogP contribution is 2.14. The van der Waals surface area contributed by atoms with Crippen LogP contribution in [-0.4, -0.2) is 36.9 Å². The molecule has 1 heterocycles. The number of rotatable bonds is 6. The summed E-state index contributed by atoms with van der Waals surface area (Å²) < 4.78 is 22.0. The Bertz CT molecular complexity index is 498. The van der Waals surface area contributed by atoms with E-state index in [1.165, 1.54) is 6.26 Å². The molecule has 0 amide bonds. The van der Waals surface area contributed by atoms with Crippen LogP contribution in [0.1, 0.15) is 37.6 Å². The van der Waals surface area contributed by atoms with Gasteiger partial charge in [-0.2, -0.15) is 0 Å². The van der Waals surface area contributed by atoms with Crippen molar-refractivity contribution in [3.8, 4) is 0 Å². The van der Waals surface area contributed by atoms with Crippen LogP contribution < -0.4 is 5.32 Å². The number of anilines is 1. The molecule has 0 spiro atoms. The second kappa shape index (κ2) is 6.13. The van der Waals surface area contributed by atoms with Crippen LogP contribution in [0.5, 0.6) is 0 Å². The molecule has 1 rings (SSSR count). The lowest BCUT2D eigenvalue weighted by atomic mass is 10.1. The quantitative estimate of drug-likeness (QED) is 0.798. The maximum absolute atomic E-state index is 11.0. The van der Waals surface area contributed by atoms with E-state index in [2.05, 4.69) is 29.1 Å². The van der Waals surface area contributed by atoms with Crippen molar-refractivity contribution in [1.82, 2.24) is 9.97 Å². The molecule has 0 aliphatic rings. The zero-order chi connectivity index (χ0) is 13.8. The minimum atomic E-state index is -2.89. The molecule has 0 aliphatic heterocycles. The zero-order valence-corrected chi connectivity index (χ0v) is 12.2. The van der Waals surface area contributed by atoms with Crippen molar-refractivity contribution in [2.24, 2.45) is 0 Å². The first kappa shape index (κ1) is 14.9. The third-order valence-corrected chi connectivity index (χ3v) is 3.47. The lowest BCUT2D eigenvalue weighted by Crippen LogP contribution is -2.12. The smallest absolute Gasteiger partial charge is 0.223 e. The van der Waals surface area contributed by atoms with Gasteiger partial charge >= 0.3 is 0 Å². The Morgan fingerprint density at radius 3 is 2.56 bits per heavy atom. The van der Waals surface area contributed by atoms with E-state index in [1.54, 1.807) is 0 Å². The van der Waals surface area contributed by atoms with Gasteiger partial charge in [0.1, 0.15) is 9.84 Å². The molecule has 0 saturated heterocycles. The summed E-state index contributed by atoms with van der Waals surface area (Å²) in [5, 5.41) is 3.07. The fourth-order valence-corrected chi connectivity index (χ4v) is 2.17. The fraction of sp³-hybridized carbons (Fsp3) is 0.667. The van der Waals surface area contributed by atoms with Crippen molar-refractivity contribution in [1.29, 1.82) is 0 Å². The van der Waals surface area contributed by atoms with Gasteiger partial charge in [-0.25, -0.2) is 18.4 Å². The number of hydrogen-bond donors (Lipinski definition) is 1. The van der Waals surface area contributed by atoms with Crippen LogP contribution in [-0.2, 0) is 9.84 Å². The largest absolute Gasteiger partial charge is 0.354 e. The predicted molar refractivity (Wildman–Crippen MR) is 73.7 cm³/mol. The van der Waals surface area contributed by atoms with Crippen LogP contribution in [0.25, 0.3) is 0 Å². The van der Waals surface area contributed by atoms with Crippen LogP contribution in [0.4, 0.5) is 5.95 Å². The third-order valence-electron chi connectivity index (χ3n) is 2.44. The number of nitrogens with zero attached hydrogens (tertiary/aromatic N) is 2. The SMILES string of the molecule is Cc1cc(C(C)C)nc(NCCCS(C)(=O)=O)n1. The van der Waals surface area contributed by atoms with Crippen LogP contribution in [0.2, 0.25) is 0 Å². The van der Waals surface area contributed by atoms with Crippen molar-refractivity contribution in [2.75, 3.05) is 23.9 Å². The fourth-order valence-electron chi connectivity index (χ4n) is 1.50. The average Bonchev–Trinajstić information content (AvgIpc) is 2.22. The zero-order valence-electron chi connectivity index (χ0n) is 11.4. The van der Waals surface area contributed by atoms with Gasteiger partial charge < -0.3 is 5.32 Å². The van der Waals surface area contributed by atoms with Crippen molar-refractivity contribution >= 4 is 15.8 Å². The average molecular weight is 271 g/mol. The number of hydrogen-bond acceptors (Lipinski definition) is 5. The second-order valence-electron chi connectivity index (χ2n) is 4.82. The Morgan fingerprint density at radius 1 is 1.33 bits per heavy atom. The van der Waals surface area contributed by atoms with Crippen LogP contribution in [0.15, 0.2) is 6.07 Å². The van der Waals surface area contributed by atoms with Crippen molar-refractivity contribution in [2.45, 2.75) is 33.1 Å². The summed E-state index contributed by atoms with van der Waals surface area (Å²) in [6.45, 7) is 6.65. The van der Waals surface area contributed by atoms with E-state index < -0.39 is 9.84 Å². The Hall–Kier alpha value is -1.17. The van der Waals surface area contributed by atoms with Crippen LogP contribution >= 0.6 is 0 Å². The highest BCUT2D eigenvalue weighted by Gasteiger charge is 2.06. The molecule has 0 aliphatic carbocycles. The Morgan fingerprint density at radius 2 is 2.00 bits per heavy atom. The van der Waals surface area contributed by atoms with E-state index >= 15 is 0 Å². The molecule has 0 fully saturated rings. The van der Waals surface area contributed by atoms with Crippen LogP contribution in [0.3, 0.4) is 0 Å². The highest BCUT2D eigenvalue weighted by atomic mass is 32.2. The van der Waals surface area contributed by atoms with Crippen molar-refractivity contribution < 1.29 is 8.42 Å². The first-order valence-electron chi connectivity index (χ1n) is 6.05. The molecule has 6 heteroatoms. The van der Waals surface area contributed by atoms with E-state index in [1.807, 2.05) is 13.0 Å². The minimum Gasteiger partial charge on any atom is -0.354 e. The minimum absolute atomic E-state index is 0.183. The van der Waals surface area contributed by atoms with Gasteiger partial charge in [0.05, 0.1) is 5.75 Å². The summed E-state index contributed by atoms with van der Waals surface area (Å²) >= 11 is 0. The van der Waals surface area contributed by atoms with Gasteiger partial charge in [-0.1, -0.05) is 13.8 Å². The molecule has 0 saturated carbocycles.